The maximum atomic E-state index is 14.2. The number of pyridine rings is 3. The second-order valence-corrected chi connectivity index (χ2v) is 41.9. The van der Waals surface area contributed by atoms with Crippen LogP contribution in [0.3, 0.4) is 0 Å². The minimum atomic E-state index is -1.07. The number of H-pyrrole nitrogens is 2. The topological polar surface area (TPSA) is 538 Å². The van der Waals surface area contributed by atoms with Gasteiger partial charge in [0.1, 0.15) is 27.0 Å². The molecule has 14 rings (SSSR count). The summed E-state index contributed by atoms with van der Waals surface area (Å²) in [4.78, 5) is 120. The van der Waals surface area contributed by atoms with Gasteiger partial charge in [-0.25, -0.2) is 23.6 Å². The number of aromatic nitrogens is 11. The standard InChI is InChI=1S/C16H21ClN2O4.C15H18FNO3.C14H16ClNO3.C14H17NO3.C13H15ClN2O4.C12H13ClN2O3.C12H14N2O4/c1-15(2,3)19-14(22)10-8(7-9(20)12(21)11(10)17)13(18-19)23-16(4,5)6;1-5-17-7-8(15(2,3)4)13(19)11-9(17)6-10(18)14(20)12(11)16;1-14(2,3)7-6-16(4)8-5-9(17)13(19)11(15)10(8)12(7)18;1-14(2,3)9-7-15(4)10-6-12(17)11(16)5-8(10)13(9)18;1-13(2,3)16-11(19)8-6(15(4)12(16)20)5-7(17)10(18)9(8)14;1-12(2,3)11-14-8-5(10(18)15-11)4-6(16)9(17)7(8)13;1-12(2,3)14-10(17)6-4-8(15)9(16)5-7(6)13-11(14)18/h7,20-21H,1-6H3;6-7,18,20H,5H2,1-4H3;5-6,17,19H,1-4H3;5-7,16-17H,1-4H3;5,17-18H,1-4H3;4,16-17H,1-3H3,(H,14,15,18);4-5,15-16H,1-3H3,(H,13,18). The van der Waals surface area contributed by atoms with E-state index in [0.717, 1.165) is 33.4 Å². The van der Waals surface area contributed by atoms with Crippen molar-refractivity contribution >= 4 is 123 Å². The molecule has 7 heterocycles. The Kier molecular flexibility index (Phi) is 30.3. The maximum Gasteiger partial charge on any atom is 0.331 e. The molecule has 40 heteroatoms. The molecule has 0 unspecified atom stereocenters. The number of fused-ring (bicyclic) bond motifs is 7. The van der Waals surface area contributed by atoms with Gasteiger partial charge in [0.15, 0.2) is 103 Å². The van der Waals surface area contributed by atoms with E-state index in [1.165, 1.54) is 46.6 Å². The Hall–Kier alpha value is -13.6. The number of benzene rings is 7. The van der Waals surface area contributed by atoms with Crippen LogP contribution in [0.4, 0.5) is 4.39 Å². The average molecular weight is 1970 g/mol. The highest BCUT2D eigenvalue weighted by Gasteiger charge is 2.33. The summed E-state index contributed by atoms with van der Waals surface area (Å²) in [7, 11) is 5.05. The van der Waals surface area contributed by atoms with E-state index in [9.17, 15) is 119 Å². The van der Waals surface area contributed by atoms with Crippen LogP contribution in [-0.4, -0.2) is 129 Å². The molecule has 0 aliphatic heterocycles. The molecule has 7 aromatic heterocycles. The van der Waals surface area contributed by atoms with E-state index in [0.29, 0.717) is 45.5 Å². The zero-order valence-corrected chi connectivity index (χ0v) is 83.4. The monoisotopic (exact) mass is 1960 g/mol. The highest BCUT2D eigenvalue weighted by atomic mass is 35.5. The van der Waals surface area contributed by atoms with Gasteiger partial charge in [0.25, 0.3) is 22.2 Å². The lowest BCUT2D eigenvalue weighted by Crippen LogP contribution is -2.47. The van der Waals surface area contributed by atoms with E-state index in [1.807, 2.05) is 139 Å². The third-order valence-corrected chi connectivity index (χ3v) is 22.6. The van der Waals surface area contributed by atoms with Gasteiger partial charge in [-0.1, -0.05) is 129 Å². The zero-order chi connectivity index (χ0) is 104. The Bertz CT molecular complexity index is 7790. The molecule has 136 heavy (non-hydrogen) atoms. The van der Waals surface area contributed by atoms with Crippen molar-refractivity contribution in [2.45, 2.75) is 224 Å². The van der Waals surface area contributed by atoms with Crippen LogP contribution in [0.1, 0.15) is 196 Å². The van der Waals surface area contributed by atoms with Crippen LogP contribution in [-0.2, 0) is 66.0 Å². The predicted molar refractivity (Wildman–Crippen MR) is 526 cm³/mol. The van der Waals surface area contributed by atoms with Gasteiger partial charge in [0.05, 0.1) is 80.9 Å². The molecule has 0 saturated carbocycles. The number of aromatic amines is 2. The van der Waals surface area contributed by atoms with Crippen LogP contribution in [0.25, 0.3) is 76.2 Å². The molecule has 0 atom stereocenters. The van der Waals surface area contributed by atoms with E-state index in [-0.39, 0.29) is 136 Å². The van der Waals surface area contributed by atoms with E-state index < -0.39 is 130 Å². The Balaban J connectivity index is 0.000000195. The number of aromatic hydroxyl groups is 14. The average Bonchev–Trinajstić information content (AvgIpc) is 0.745. The molecule has 16 N–H and O–H groups in total. The lowest BCUT2D eigenvalue weighted by atomic mass is 9.87. The molecule has 0 radical (unpaired) electrons. The lowest BCUT2D eigenvalue weighted by molar-refractivity contribution is 0.120. The number of nitrogens with zero attached hydrogens (tertiary/aromatic N) is 9. The van der Waals surface area contributed by atoms with Crippen molar-refractivity contribution in [2.24, 2.45) is 21.1 Å². The fourth-order valence-electron chi connectivity index (χ4n) is 14.1. The van der Waals surface area contributed by atoms with Crippen LogP contribution < -0.4 is 54.6 Å². The minimum absolute atomic E-state index is 0.000934. The number of phenols is 14. The predicted octanol–water partition coefficient (Wildman–Crippen LogP) is 16.1. The Morgan fingerprint density at radius 1 is 0.382 bits per heavy atom. The molecule has 0 amide bonds. The van der Waals surface area contributed by atoms with Gasteiger partial charge < -0.3 is 99.9 Å². The van der Waals surface area contributed by atoms with Gasteiger partial charge in [-0.05, 0) is 131 Å². The molecule has 35 nitrogen and oxygen atoms in total. The molecule has 0 saturated heterocycles. The first-order valence-corrected chi connectivity index (χ1v) is 43.6. The molecule has 7 aromatic carbocycles. The van der Waals surface area contributed by atoms with E-state index in [1.54, 1.807) is 80.9 Å². The Morgan fingerprint density at radius 2 is 0.779 bits per heavy atom. The van der Waals surface area contributed by atoms with Crippen LogP contribution >= 0.6 is 46.4 Å². The van der Waals surface area contributed by atoms with E-state index >= 15 is 0 Å². The zero-order valence-electron chi connectivity index (χ0n) is 80.4. The van der Waals surface area contributed by atoms with Gasteiger partial charge in [-0.3, -0.25) is 47.3 Å². The number of phenolic OH excluding ortho intramolecular Hbond substituents is 14. The highest BCUT2D eigenvalue weighted by Crippen LogP contribution is 2.45. The molecular formula is C96H114Cl4FN11O24. The SMILES string of the molecule is CC(C)(C)Oc1nn(C(C)(C)C)c(=O)c2c(Cl)c(O)c(O)cc12.CC(C)(C)c1nc2c(Cl)c(O)c(O)cc2c(=O)[nH]1.CC(C)(C)n1c(=O)[nH]c2cc(O)c(O)cc2c1=O.CCn1cc(C(C)(C)C)c(=O)c2c(F)c(O)c(O)cc21.Cn1c(=O)n(C(C)(C)C)c(=O)c2c(Cl)c(O)c(O)cc21.Cn1cc(C(C)(C)C)c(=O)c2c(Cl)c(O)c(O)cc21.Cn1cc(C(C)(C)C)c(=O)c2cc(O)c(O)cc21. The van der Waals surface area contributed by atoms with Crippen molar-refractivity contribution in [1.29, 1.82) is 0 Å². The Morgan fingerprint density at radius 3 is 1.26 bits per heavy atom. The summed E-state index contributed by atoms with van der Waals surface area (Å²) >= 11 is 23.9. The molecule has 732 valence electrons. The van der Waals surface area contributed by atoms with Crippen molar-refractivity contribution in [3.05, 3.63) is 215 Å². The fraction of sp³-hybridized carbons (Fsp3) is 0.385. The molecule has 0 spiro atoms. The highest BCUT2D eigenvalue weighted by molar-refractivity contribution is 6.38. The number of hydrogen-bond donors (Lipinski definition) is 16. The number of rotatable bonds is 2. The number of aryl methyl sites for hydroxylation is 4. The first kappa shape index (κ1) is 108. The van der Waals surface area contributed by atoms with Crippen LogP contribution in [0.15, 0.2) is 116 Å². The summed E-state index contributed by atoms with van der Waals surface area (Å²) in [6.45, 7) is 46.7. The van der Waals surface area contributed by atoms with Crippen molar-refractivity contribution in [2.75, 3.05) is 0 Å². The summed E-state index contributed by atoms with van der Waals surface area (Å²) in [5.41, 5.74) is -4.15. The summed E-state index contributed by atoms with van der Waals surface area (Å²) < 4.78 is 29.8. The van der Waals surface area contributed by atoms with Crippen molar-refractivity contribution in [3.8, 4) is 86.4 Å². The molecule has 0 aliphatic carbocycles. The third-order valence-electron chi connectivity index (χ3n) is 21.2. The maximum absolute atomic E-state index is 14.2. The molecule has 0 aliphatic rings. The molecule has 0 fully saturated rings. The van der Waals surface area contributed by atoms with Crippen LogP contribution in [0, 0.1) is 5.82 Å². The summed E-state index contributed by atoms with van der Waals surface area (Å²) in [6, 6.07) is 11.1. The number of hydrogen-bond acceptors (Lipinski definition) is 26. The van der Waals surface area contributed by atoms with E-state index in [4.69, 9.17) is 51.1 Å². The third kappa shape index (κ3) is 22.0. The number of halogens is 5. The largest absolute Gasteiger partial charge is 0.504 e. The second-order valence-electron chi connectivity index (χ2n) is 40.4. The molecule has 0 bridgehead atoms. The van der Waals surface area contributed by atoms with Gasteiger partial charge in [-0.2, -0.15) is 0 Å². The fourth-order valence-corrected chi connectivity index (χ4v) is 15.1. The number of ether oxygens (including phenoxy) is 1. The summed E-state index contributed by atoms with van der Waals surface area (Å²) in [5, 5.41) is 139. The van der Waals surface area contributed by atoms with Crippen LogP contribution in [0.5, 0.6) is 86.4 Å². The van der Waals surface area contributed by atoms with Gasteiger partial charge in [-0.15, -0.1) is 5.10 Å². The molecular weight excluding hydrogens is 1850 g/mol. The van der Waals surface area contributed by atoms with Gasteiger partial charge >= 0.3 is 11.4 Å². The van der Waals surface area contributed by atoms with Crippen LogP contribution in [0.2, 0.25) is 20.1 Å². The smallest absolute Gasteiger partial charge is 0.331 e. The first-order valence-electron chi connectivity index (χ1n) is 42.1. The second kappa shape index (κ2) is 38.3. The first-order chi connectivity index (χ1) is 61.9. The quantitative estimate of drug-likeness (QED) is 0.0715. The Labute approximate surface area is 796 Å². The summed E-state index contributed by atoms with van der Waals surface area (Å²) in [6.07, 6.45) is 5.19. The van der Waals surface area contributed by atoms with Crippen molar-refractivity contribution in [3.63, 3.8) is 0 Å². The normalized spacial score (nSPS) is 12.1. The van der Waals surface area contributed by atoms with Gasteiger partial charge in [0, 0.05) is 115 Å². The van der Waals surface area contributed by atoms with Crippen molar-refractivity contribution < 1.29 is 80.6 Å². The molecule has 14 aromatic rings. The van der Waals surface area contributed by atoms with Crippen molar-refractivity contribution in [1.82, 2.24) is 52.1 Å². The minimum Gasteiger partial charge on any atom is -0.504 e. The summed E-state index contributed by atoms with van der Waals surface area (Å²) in [5.74, 6) is -6.90. The van der Waals surface area contributed by atoms with E-state index in [2.05, 4.69) is 20.1 Å². The number of nitrogens with one attached hydrogen (secondary N) is 2. The lowest BCUT2D eigenvalue weighted by Gasteiger charge is -2.26. The van der Waals surface area contributed by atoms with Gasteiger partial charge in [0.2, 0.25) is 5.88 Å².